The quantitative estimate of drug-likeness (QED) is 0.640. The zero-order chi connectivity index (χ0) is 18.4. The van der Waals surface area contributed by atoms with Gasteiger partial charge in [0.25, 0.3) is 0 Å². The summed E-state index contributed by atoms with van der Waals surface area (Å²) < 4.78 is 10.9. The fraction of sp³-hybridized carbons (Fsp3) is 0.200. The van der Waals surface area contributed by atoms with E-state index in [0.717, 1.165) is 22.9 Å². The SMILES string of the molecule is COc1cccc(Nc2cc(Nc3ccc(OC(C)C)cc3)ncn2)c1. The number of ether oxygens (including phenoxy) is 2. The average molecular weight is 350 g/mol. The van der Waals surface area contributed by atoms with Crippen LogP contribution in [0.3, 0.4) is 0 Å². The van der Waals surface area contributed by atoms with Crippen molar-refractivity contribution in [2.24, 2.45) is 0 Å². The van der Waals surface area contributed by atoms with Gasteiger partial charge in [-0.05, 0) is 50.2 Å². The van der Waals surface area contributed by atoms with Crippen LogP contribution in [0.5, 0.6) is 11.5 Å². The van der Waals surface area contributed by atoms with Crippen molar-refractivity contribution in [3.63, 3.8) is 0 Å². The van der Waals surface area contributed by atoms with Crippen LogP contribution in [0, 0.1) is 0 Å². The number of hydrogen-bond donors (Lipinski definition) is 2. The van der Waals surface area contributed by atoms with E-state index in [1.807, 2.05) is 68.4 Å². The lowest BCUT2D eigenvalue weighted by molar-refractivity contribution is 0.242. The number of rotatable bonds is 7. The van der Waals surface area contributed by atoms with Crippen molar-refractivity contribution in [3.05, 3.63) is 60.9 Å². The maximum Gasteiger partial charge on any atom is 0.135 e. The van der Waals surface area contributed by atoms with E-state index < -0.39 is 0 Å². The molecule has 3 aromatic rings. The molecule has 0 fully saturated rings. The molecule has 0 saturated carbocycles. The smallest absolute Gasteiger partial charge is 0.135 e. The van der Waals surface area contributed by atoms with Crippen LogP contribution in [0.4, 0.5) is 23.0 Å². The van der Waals surface area contributed by atoms with Gasteiger partial charge in [-0.15, -0.1) is 0 Å². The van der Waals surface area contributed by atoms with Crippen LogP contribution in [0.15, 0.2) is 60.9 Å². The molecule has 0 amide bonds. The Morgan fingerprint density at radius 2 is 1.50 bits per heavy atom. The summed E-state index contributed by atoms with van der Waals surface area (Å²) in [6.07, 6.45) is 1.67. The van der Waals surface area contributed by atoms with Crippen molar-refractivity contribution < 1.29 is 9.47 Å². The number of hydrogen-bond acceptors (Lipinski definition) is 6. The highest BCUT2D eigenvalue weighted by atomic mass is 16.5. The molecule has 3 rings (SSSR count). The molecule has 0 spiro atoms. The van der Waals surface area contributed by atoms with Gasteiger partial charge in [-0.2, -0.15) is 0 Å². The fourth-order valence-corrected chi connectivity index (χ4v) is 2.38. The maximum atomic E-state index is 5.65. The molecular weight excluding hydrogens is 328 g/mol. The van der Waals surface area contributed by atoms with Crippen molar-refractivity contribution in [1.29, 1.82) is 0 Å². The topological polar surface area (TPSA) is 68.3 Å². The van der Waals surface area contributed by atoms with Gasteiger partial charge >= 0.3 is 0 Å². The van der Waals surface area contributed by atoms with Gasteiger partial charge < -0.3 is 20.1 Å². The Balaban J connectivity index is 1.69. The first-order valence-corrected chi connectivity index (χ1v) is 8.39. The average Bonchev–Trinajstić information content (AvgIpc) is 2.63. The number of methoxy groups -OCH3 is 1. The van der Waals surface area contributed by atoms with Crippen LogP contribution in [0.2, 0.25) is 0 Å². The summed E-state index contributed by atoms with van der Waals surface area (Å²) in [6, 6.07) is 17.3. The van der Waals surface area contributed by atoms with E-state index in [2.05, 4.69) is 20.6 Å². The minimum absolute atomic E-state index is 0.154. The molecule has 6 heteroatoms. The van der Waals surface area contributed by atoms with Gasteiger partial charge in [0, 0.05) is 23.5 Å². The van der Waals surface area contributed by atoms with E-state index in [9.17, 15) is 0 Å². The lowest BCUT2D eigenvalue weighted by Gasteiger charge is -2.11. The summed E-state index contributed by atoms with van der Waals surface area (Å²) in [5.74, 6) is 3.01. The molecule has 0 bridgehead atoms. The van der Waals surface area contributed by atoms with E-state index in [1.165, 1.54) is 6.33 Å². The molecule has 0 radical (unpaired) electrons. The van der Waals surface area contributed by atoms with Gasteiger partial charge in [0.1, 0.15) is 29.5 Å². The molecule has 0 saturated heterocycles. The zero-order valence-electron chi connectivity index (χ0n) is 15.1. The lowest BCUT2D eigenvalue weighted by atomic mass is 10.3. The highest BCUT2D eigenvalue weighted by Crippen LogP contribution is 2.23. The van der Waals surface area contributed by atoms with Crippen molar-refractivity contribution >= 4 is 23.0 Å². The molecule has 134 valence electrons. The third kappa shape index (κ3) is 4.86. The van der Waals surface area contributed by atoms with Gasteiger partial charge in [-0.25, -0.2) is 9.97 Å². The van der Waals surface area contributed by atoms with E-state index in [1.54, 1.807) is 7.11 Å². The van der Waals surface area contributed by atoms with Crippen LogP contribution < -0.4 is 20.1 Å². The van der Waals surface area contributed by atoms with E-state index in [0.29, 0.717) is 11.6 Å². The van der Waals surface area contributed by atoms with Gasteiger partial charge in [-0.1, -0.05) is 6.07 Å². The molecule has 1 aromatic heterocycles. The Morgan fingerprint density at radius 3 is 2.15 bits per heavy atom. The Labute approximate surface area is 153 Å². The number of anilines is 4. The third-order valence-electron chi connectivity index (χ3n) is 3.51. The van der Waals surface area contributed by atoms with Crippen LogP contribution in [-0.4, -0.2) is 23.2 Å². The first-order chi connectivity index (χ1) is 12.6. The summed E-state index contributed by atoms with van der Waals surface area (Å²) in [6.45, 7) is 4.01. The highest BCUT2D eigenvalue weighted by Gasteiger charge is 2.03. The Hall–Kier alpha value is -3.28. The van der Waals surface area contributed by atoms with Crippen molar-refractivity contribution in [3.8, 4) is 11.5 Å². The number of nitrogens with zero attached hydrogens (tertiary/aromatic N) is 2. The van der Waals surface area contributed by atoms with Crippen LogP contribution in [0.1, 0.15) is 13.8 Å². The summed E-state index contributed by atoms with van der Waals surface area (Å²) >= 11 is 0. The molecule has 2 N–H and O–H groups in total. The van der Waals surface area contributed by atoms with Crippen LogP contribution in [0.25, 0.3) is 0 Å². The molecule has 2 aromatic carbocycles. The third-order valence-corrected chi connectivity index (χ3v) is 3.51. The van der Waals surface area contributed by atoms with Gasteiger partial charge in [0.05, 0.1) is 13.2 Å². The number of benzene rings is 2. The van der Waals surface area contributed by atoms with Crippen molar-refractivity contribution in [2.75, 3.05) is 17.7 Å². The second-order valence-corrected chi connectivity index (χ2v) is 5.96. The lowest BCUT2D eigenvalue weighted by Crippen LogP contribution is -2.05. The molecule has 0 aliphatic rings. The van der Waals surface area contributed by atoms with Crippen LogP contribution >= 0.6 is 0 Å². The second-order valence-electron chi connectivity index (χ2n) is 5.96. The second kappa shape index (κ2) is 8.20. The summed E-state index contributed by atoms with van der Waals surface area (Å²) in [4.78, 5) is 8.52. The molecule has 6 nitrogen and oxygen atoms in total. The molecule has 26 heavy (non-hydrogen) atoms. The molecule has 1 heterocycles. The molecule has 0 aliphatic heterocycles. The summed E-state index contributed by atoms with van der Waals surface area (Å²) in [5.41, 5.74) is 1.82. The molecular formula is C20H22N4O2. The first-order valence-electron chi connectivity index (χ1n) is 8.39. The fourth-order valence-electron chi connectivity index (χ4n) is 2.38. The summed E-state index contributed by atoms with van der Waals surface area (Å²) in [5, 5.41) is 6.51. The van der Waals surface area contributed by atoms with Crippen molar-refractivity contribution in [2.45, 2.75) is 20.0 Å². The standard InChI is InChI=1S/C20H22N4O2/c1-14(2)26-17-9-7-15(8-10-17)23-19-12-20(22-13-21-19)24-16-5-4-6-18(11-16)25-3/h4-14H,1-3H3,(H2,21,22,23,24). The first kappa shape index (κ1) is 17.5. The minimum Gasteiger partial charge on any atom is -0.497 e. The van der Waals surface area contributed by atoms with Gasteiger partial charge in [0.2, 0.25) is 0 Å². The largest absolute Gasteiger partial charge is 0.497 e. The minimum atomic E-state index is 0.154. The maximum absolute atomic E-state index is 5.65. The summed E-state index contributed by atoms with van der Waals surface area (Å²) in [7, 11) is 1.64. The van der Waals surface area contributed by atoms with E-state index >= 15 is 0 Å². The highest BCUT2D eigenvalue weighted by molar-refractivity contribution is 5.63. The van der Waals surface area contributed by atoms with Gasteiger partial charge in [-0.3, -0.25) is 0 Å². The Morgan fingerprint density at radius 1 is 0.808 bits per heavy atom. The van der Waals surface area contributed by atoms with Crippen molar-refractivity contribution in [1.82, 2.24) is 9.97 Å². The molecule has 0 aliphatic carbocycles. The Bertz CT molecular complexity index is 850. The van der Waals surface area contributed by atoms with E-state index in [4.69, 9.17) is 9.47 Å². The zero-order valence-corrected chi connectivity index (χ0v) is 15.1. The predicted octanol–water partition coefficient (Wildman–Crippen LogP) is 4.76. The monoisotopic (exact) mass is 350 g/mol. The number of nitrogens with one attached hydrogen (secondary N) is 2. The number of aromatic nitrogens is 2. The normalized spacial score (nSPS) is 10.5. The predicted molar refractivity (Wildman–Crippen MR) is 104 cm³/mol. The van der Waals surface area contributed by atoms with Gasteiger partial charge in [0.15, 0.2) is 0 Å². The molecule has 0 atom stereocenters. The van der Waals surface area contributed by atoms with E-state index in [-0.39, 0.29) is 6.10 Å². The Kier molecular flexibility index (Phi) is 5.53. The van der Waals surface area contributed by atoms with Crippen LogP contribution in [-0.2, 0) is 0 Å². The molecule has 0 unspecified atom stereocenters.